The summed E-state index contributed by atoms with van der Waals surface area (Å²) in [5.41, 5.74) is 2.76. The van der Waals surface area contributed by atoms with Crippen LogP contribution in [0, 0.1) is 13.8 Å². The number of hydrogen-bond acceptors (Lipinski definition) is 4. The lowest BCUT2D eigenvalue weighted by Gasteiger charge is -2.11. The van der Waals surface area contributed by atoms with Gasteiger partial charge in [-0.25, -0.2) is 13.6 Å². The summed E-state index contributed by atoms with van der Waals surface area (Å²) in [6, 6.07) is 10.2. The van der Waals surface area contributed by atoms with E-state index in [1.165, 1.54) is 18.2 Å². The molecule has 2 rings (SSSR count). The summed E-state index contributed by atoms with van der Waals surface area (Å²) in [6.45, 7) is 6.06. The molecule has 2 aromatic rings. The molecule has 0 atom stereocenters. The third-order valence-electron chi connectivity index (χ3n) is 3.85. The number of rotatable bonds is 6. The Balaban J connectivity index is 2.15. The lowest BCUT2D eigenvalue weighted by Crippen LogP contribution is -2.15. The highest BCUT2D eigenvalue weighted by Crippen LogP contribution is 2.23. The fourth-order valence-corrected chi connectivity index (χ4v) is 2.93. The van der Waals surface area contributed by atoms with Gasteiger partial charge in [0.1, 0.15) is 5.75 Å². The number of sulfonamides is 1. The molecule has 138 valence electrons. The molecule has 0 saturated carbocycles. The molecule has 0 heterocycles. The van der Waals surface area contributed by atoms with Gasteiger partial charge in [-0.15, -0.1) is 0 Å². The second kappa shape index (κ2) is 8.16. The number of carbonyl (C=O) groups is 1. The van der Waals surface area contributed by atoms with Crippen LogP contribution in [0.5, 0.6) is 5.75 Å². The number of ether oxygens (including phenoxy) is 1. The van der Waals surface area contributed by atoms with Crippen molar-refractivity contribution >= 4 is 27.7 Å². The standard InChI is InChI=1S/C19H22N2O4S/c1-4-25-16-8-5-15(6-9-16)7-10-19(22)21-18-12-17(26(20,23)24)11-13(2)14(18)3/h5-12H,4H2,1-3H3,(H,21,22)(H2,20,23,24)/b10-7+. The van der Waals surface area contributed by atoms with E-state index in [0.717, 1.165) is 22.4 Å². The number of nitrogens with two attached hydrogens (primary N) is 1. The summed E-state index contributed by atoms with van der Waals surface area (Å²) in [6.07, 6.45) is 3.05. The molecule has 2 aromatic carbocycles. The summed E-state index contributed by atoms with van der Waals surface area (Å²) in [7, 11) is -3.85. The quantitative estimate of drug-likeness (QED) is 0.759. The van der Waals surface area contributed by atoms with Crippen LogP contribution in [0.2, 0.25) is 0 Å². The topological polar surface area (TPSA) is 98.5 Å². The summed E-state index contributed by atoms with van der Waals surface area (Å²) >= 11 is 0. The molecule has 7 heteroatoms. The summed E-state index contributed by atoms with van der Waals surface area (Å²) in [5.74, 6) is 0.396. The Bertz CT molecular complexity index is 933. The molecule has 0 aliphatic heterocycles. The number of carbonyl (C=O) groups excluding carboxylic acids is 1. The molecular weight excluding hydrogens is 352 g/mol. The van der Waals surface area contributed by atoms with Crippen LogP contribution < -0.4 is 15.2 Å². The fourth-order valence-electron chi connectivity index (χ4n) is 2.31. The average molecular weight is 374 g/mol. The Hall–Kier alpha value is -2.64. The van der Waals surface area contributed by atoms with Gasteiger partial charge in [-0.05, 0) is 67.8 Å². The first-order chi connectivity index (χ1) is 12.2. The van der Waals surface area contributed by atoms with Crippen LogP contribution in [0.1, 0.15) is 23.6 Å². The largest absolute Gasteiger partial charge is 0.494 e. The van der Waals surface area contributed by atoms with E-state index >= 15 is 0 Å². The number of primary sulfonamides is 1. The lowest BCUT2D eigenvalue weighted by atomic mass is 10.1. The van der Waals surface area contributed by atoms with Gasteiger partial charge in [0.25, 0.3) is 0 Å². The number of anilines is 1. The van der Waals surface area contributed by atoms with Gasteiger partial charge < -0.3 is 10.1 Å². The molecule has 0 spiro atoms. The van der Waals surface area contributed by atoms with Gasteiger partial charge in [0.2, 0.25) is 15.9 Å². The molecule has 0 saturated heterocycles. The highest BCUT2D eigenvalue weighted by molar-refractivity contribution is 7.89. The van der Waals surface area contributed by atoms with Crippen LogP contribution in [0.15, 0.2) is 47.4 Å². The molecular formula is C19H22N2O4S. The first-order valence-electron chi connectivity index (χ1n) is 8.06. The predicted molar refractivity (Wildman–Crippen MR) is 103 cm³/mol. The van der Waals surface area contributed by atoms with Crippen molar-refractivity contribution in [1.82, 2.24) is 0 Å². The fraction of sp³-hybridized carbons (Fsp3) is 0.211. The molecule has 0 aromatic heterocycles. The van der Waals surface area contributed by atoms with E-state index in [1.54, 1.807) is 19.9 Å². The van der Waals surface area contributed by atoms with Crippen molar-refractivity contribution in [2.75, 3.05) is 11.9 Å². The Morgan fingerprint density at radius 3 is 2.42 bits per heavy atom. The molecule has 26 heavy (non-hydrogen) atoms. The van der Waals surface area contributed by atoms with Crippen LogP contribution in [0.3, 0.4) is 0 Å². The van der Waals surface area contributed by atoms with Gasteiger partial charge in [-0.3, -0.25) is 4.79 Å². The normalized spacial score (nSPS) is 11.5. The minimum absolute atomic E-state index is 0.0357. The van der Waals surface area contributed by atoms with Crippen molar-refractivity contribution in [2.24, 2.45) is 5.14 Å². The van der Waals surface area contributed by atoms with Crippen molar-refractivity contribution < 1.29 is 17.9 Å². The minimum atomic E-state index is -3.85. The second-order valence-corrected chi connectivity index (χ2v) is 7.34. The van der Waals surface area contributed by atoms with Gasteiger partial charge in [0.05, 0.1) is 11.5 Å². The Morgan fingerprint density at radius 1 is 1.19 bits per heavy atom. The van der Waals surface area contributed by atoms with Crippen LogP contribution in [-0.4, -0.2) is 20.9 Å². The monoisotopic (exact) mass is 374 g/mol. The summed E-state index contributed by atoms with van der Waals surface area (Å²) < 4.78 is 28.5. The van der Waals surface area contributed by atoms with Gasteiger partial charge in [-0.1, -0.05) is 12.1 Å². The van der Waals surface area contributed by atoms with Crippen molar-refractivity contribution in [2.45, 2.75) is 25.7 Å². The molecule has 0 aliphatic rings. The molecule has 0 radical (unpaired) electrons. The van der Waals surface area contributed by atoms with Gasteiger partial charge >= 0.3 is 0 Å². The SMILES string of the molecule is CCOc1ccc(/C=C/C(=O)Nc2cc(S(N)(=O)=O)cc(C)c2C)cc1. The summed E-state index contributed by atoms with van der Waals surface area (Å²) in [5, 5.41) is 7.87. The zero-order valence-electron chi connectivity index (χ0n) is 14.9. The van der Waals surface area contributed by atoms with Crippen molar-refractivity contribution in [3.8, 4) is 5.75 Å². The maximum Gasteiger partial charge on any atom is 0.248 e. The second-order valence-electron chi connectivity index (χ2n) is 5.78. The van der Waals surface area contributed by atoms with E-state index in [2.05, 4.69) is 5.32 Å². The molecule has 6 nitrogen and oxygen atoms in total. The highest BCUT2D eigenvalue weighted by atomic mass is 32.2. The van der Waals surface area contributed by atoms with Crippen molar-refractivity contribution in [1.29, 1.82) is 0 Å². The molecule has 0 fully saturated rings. The van der Waals surface area contributed by atoms with Crippen molar-refractivity contribution in [3.05, 3.63) is 59.2 Å². The van der Waals surface area contributed by atoms with E-state index in [1.807, 2.05) is 31.2 Å². The Labute approximate surface area is 153 Å². The smallest absolute Gasteiger partial charge is 0.248 e. The van der Waals surface area contributed by atoms with E-state index in [-0.39, 0.29) is 10.8 Å². The number of amides is 1. The Kier molecular flexibility index (Phi) is 6.18. The number of benzene rings is 2. The van der Waals surface area contributed by atoms with E-state index in [9.17, 15) is 13.2 Å². The van der Waals surface area contributed by atoms with E-state index < -0.39 is 10.0 Å². The third kappa shape index (κ3) is 5.18. The van der Waals surface area contributed by atoms with Crippen LogP contribution in [-0.2, 0) is 14.8 Å². The zero-order valence-corrected chi connectivity index (χ0v) is 15.8. The van der Waals surface area contributed by atoms with Gasteiger partial charge in [0, 0.05) is 11.8 Å². The van der Waals surface area contributed by atoms with Gasteiger partial charge in [0.15, 0.2) is 0 Å². The number of hydrogen-bond donors (Lipinski definition) is 2. The highest BCUT2D eigenvalue weighted by Gasteiger charge is 2.13. The van der Waals surface area contributed by atoms with Crippen molar-refractivity contribution in [3.63, 3.8) is 0 Å². The number of aryl methyl sites for hydroxylation is 1. The maximum absolute atomic E-state index is 12.2. The third-order valence-corrected chi connectivity index (χ3v) is 4.74. The van der Waals surface area contributed by atoms with Crippen LogP contribution in [0.25, 0.3) is 6.08 Å². The van der Waals surface area contributed by atoms with E-state index in [4.69, 9.17) is 9.88 Å². The van der Waals surface area contributed by atoms with Crippen LogP contribution >= 0.6 is 0 Å². The maximum atomic E-state index is 12.2. The first-order valence-corrected chi connectivity index (χ1v) is 9.61. The molecule has 0 aliphatic carbocycles. The zero-order chi connectivity index (χ0) is 19.3. The van der Waals surface area contributed by atoms with Crippen LogP contribution in [0.4, 0.5) is 5.69 Å². The molecule has 0 unspecified atom stereocenters. The average Bonchev–Trinajstić information content (AvgIpc) is 2.57. The summed E-state index contributed by atoms with van der Waals surface area (Å²) in [4.78, 5) is 12.1. The number of nitrogens with one attached hydrogen (secondary N) is 1. The molecule has 1 amide bonds. The molecule has 0 bridgehead atoms. The first kappa shape index (κ1) is 19.7. The lowest BCUT2D eigenvalue weighted by molar-refractivity contribution is -0.111. The molecule has 3 N–H and O–H groups in total. The minimum Gasteiger partial charge on any atom is -0.494 e. The Morgan fingerprint density at radius 2 is 1.85 bits per heavy atom. The van der Waals surface area contributed by atoms with E-state index in [0.29, 0.717) is 12.3 Å². The predicted octanol–water partition coefficient (Wildman–Crippen LogP) is 3.00. The van der Waals surface area contributed by atoms with Gasteiger partial charge in [-0.2, -0.15) is 0 Å².